The van der Waals surface area contributed by atoms with Crippen molar-refractivity contribution in [2.75, 3.05) is 19.7 Å². The molecule has 98 valence electrons. The Kier molecular flexibility index (Phi) is 4.28. The first-order chi connectivity index (χ1) is 8.72. The van der Waals surface area contributed by atoms with Crippen LogP contribution in [0.2, 0.25) is 0 Å². The number of benzene rings is 1. The van der Waals surface area contributed by atoms with Crippen LogP contribution < -0.4 is 0 Å². The van der Waals surface area contributed by atoms with Crippen LogP contribution in [0.15, 0.2) is 24.3 Å². The van der Waals surface area contributed by atoms with Crippen molar-refractivity contribution in [1.82, 2.24) is 4.90 Å². The van der Waals surface area contributed by atoms with Gasteiger partial charge in [0.05, 0.1) is 11.5 Å². The smallest absolute Gasteiger partial charge is 0.272 e. The molecule has 1 aliphatic rings. The molecular formula is C13H18N2O3. The zero-order valence-electron chi connectivity index (χ0n) is 10.3. The Morgan fingerprint density at radius 2 is 2.22 bits per heavy atom. The number of aliphatic hydroxyl groups is 1. The van der Waals surface area contributed by atoms with Gasteiger partial charge in [-0.05, 0) is 25.8 Å². The third-order valence-electron chi connectivity index (χ3n) is 3.57. The van der Waals surface area contributed by atoms with Crippen molar-refractivity contribution in [2.45, 2.75) is 25.3 Å². The van der Waals surface area contributed by atoms with Crippen LogP contribution in [0.5, 0.6) is 0 Å². The van der Waals surface area contributed by atoms with Crippen molar-refractivity contribution in [3.05, 3.63) is 39.9 Å². The third kappa shape index (κ3) is 2.86. The average molecular weight is 250 g/mol. The molecule has 1 unspecified atom stereocenters. The quantitative estimate of drug-likeness (QED) is 0.636. The Morgan fingerprint density at radius 3 is 2.94 bits per heavy atom. The fourth-order valence-corrected chi connectivity index (χ4v) is 2.56. The molecule has 0 spiro atoms. The lowest BCUT2D eigenvalue weighted by Crippen LogP contribution is -2.33. The normalized spacial score (nSPS) is 20.2. The molecule has 18 heavy (non-hydrogen) atoms. The van der Waals surface area contributed by atoms with E-state index in [9.17, 15) is 15.2 Å². The van der Waals surface area contributed by atoms with Gasteiger partial charge < -0.3 is 5.11 Å². The summed E-state index contributed by atoms with van der Waals surface area (Å²) in [4.78, 5) is 12.8. The molecule has 1 saturated heterocycles. The Balaban J connectivity index is 2.00. The summed E-state index contributed by atoms with van der Waals surface area (Å²) in [5.74, 6) is 0. The number of hydrogen-bond donors (Lipinski definition) is 1. The highest BCUT2D eigenvalue weighted by Gasteiger charge is 2.24. The van der Waals surface area contributed by atoms with E-state index in [1.54, 1.807) is 12.1 Å². The lowest BCUT2D eigenvalue weighted by atomic mass is 10.1. The molecule has 1 fully saturated rings. The highest BCUT2D eigenvalue weighted by atomic mass is 16.6. The van der Waals surface area contributed by atoms with Crippen molar-refractivity contribution in [3.8, 4) is 0 Å². The number of likely N-dealkylation sites (tertiary alicyclic amines) is 1. The molecule has 1 N–H and O–H groups in total. The summed E-state index contributed by atoms with van der Waals surface area (Å²) in [6, 6.07) is 7.10. The predicted molar refractivity (Wildman–Crippen MR) is 68.5 cm³/mol. The number of rotatable bonds is 5. The Labute approximate surface area is 106 Å². The summed E-state index contributed by atoms with van der Waals surface area (Å²) in [6.45, 7) is 1.93. The van der Waals surface area contributed by atoms with E-state index in [0.717, 1.165) is 31.5 Å². The number of nitro benzene ring substituents is 1. The fourth-order valence-electron chi connectivity index (χ4n) is 2.56. The molecule has 0 radical (unpaired) electrons. The monoisotopic (exact) mass is 250 g/mol. The zero-order valence-corrected chi connectivity index (χ0v) is 10.3. The van der Waals surface area contributed by atoms with Crippen molar-refractivity contribution >= 4 is 5.69 Å². The Hall–Kier alpha value is -1.46. The molecule has 0 saturated carbocycles. The molecule has 5 heteroatoms. The number of nitro groups is 1. The highest BCUT2D eigenvalue weighted by Crippen LogP contribution is 2.21. The predicted octanol–water partition coefficient (Wildman–Crippen LogP) is 1.59. The van der Waals surface area contributed by atoms with E-state index in [1.807, 2.05) is 12.1 Å². The van der Waals surface area contributed by atoms with Crippen molar-refractivity contribution in [1.29, 1.82) is 0 Å². The Bertz CT molecular complexity index is 422. The van der Waals surface area contributed by atoms with Crippen molar-refractivity contribution in [2.24, 2.45) is 0 Å². The van der Waals surface area contributed by atoms with Gasteiger partial charge in [-0.15, -0.1) is 0 Å². The third-order valence-corrected chi connectivity index (χ3v) is 3.57. The minimum atomic E-state index is -0.331. The van der Waals surface area contributed by atoms with E-state index in [1.165, 1.54) is 0 Å². The van der Waals surface area contributed by atoms with Crippen LogP contribution in [0.4, 0.5) is 5.69 Å². The molecule has 5 nitrogen and oxygen atoms in total. The molecule has 1 heterocycles. The zero-order chi connectivity index (χ0) is 13.0. The first kappa shape index (κ1) is 13.0. The van der Waals surface area contributed by atoms with Crippen molar-refractivity contribution < 1.29 is 10.0 Å². The topological polar surface area (TPSA) is 66.6 Å². The molecule has 1 aliphatic heterocycles. The average Bonchev–Trinajstić information content (AvgIpc) is 2.84. The molecule has 0 bridgehead atoms. The first-order valence-electron chi connectivity index (χ1n) is 6.29. The molecule has 1 atom stereocenters. The van der Waals surface area contributed by atoms with Gasteiger partial charge in [-0.2, -0.15) is 0 Å². The van der Waals surface area contributed by atoms with Gasteiger partial charge >= 0.3 is 0 Å². The van der Waals surface area contributed by atoms with Gasteiger partial charge in [-0.3, -0.25) is 15.0 Å². The van der Waals surface area contributed by atoms with Crippen LogP contribution in [0.25, 0.3) is 0 Å². The number of aliphatic hydroxyl groups excluding tert-OH is 1. The van der Waals surface area contributed by atoms with E-state index in [2.05, 4.69) is 4.90 Å². The van der Waals surface area contributed by atoms with Crippen LogP contribution in [0, 0.1) is 10.1 Å². The summed E-state index contributed by atoms with van der Waals surface area (Å²) in [5, 5.41) is 20.1. The summed E-state index contributed by atoms with van der Waals surface area (Å²) in [6.07, 6.45) is 2.78. The fraction of sp³-hybridized carbons (Fsp3) is 0.538. The summed E-state index contributed by atoms with van der Waals surface area (Å²) >= 11 is 0. The molecule has 1 aromatic rings. The van der Waals surface area contributed by atoms with Gasteiger partial charge in [0.2, 0.25) is 0 Å². The number of hydrogen-bond acceptors (Lipinski definition) is 4. The van der Waals surface area contributed by atoms with Gasteiger partial charge in [0.1, 0.15) is 0 Å². The van der Waals surface area contributed by atoms with Gasteiger partial charge in [0.15, 0.2) is 0 Å². The second-order valence-corrected chi connectivity index (χ2v) is 4.65. The van der Waals surface area contributed by atoms with E-state index in [4.69, 9.17) is 0 Å². The summed E-state index contributed by atoms with van der Waals surface area (Å²) < 4.78 is 0. The van der Waals surface area contributed by atoms with Gasteiger partial charge in [-0.25, -0.2) is 0 Å². The van der Waals surface area contributed by atoms with E-state index < -0.39 is 0 Å². The SMILES string of the molecule is O=[N+]([O-])c1ccccc1CCN1CCCC1CO. The first-order valence-corrected chi connectivity index (χ1v) is 6.29. The Morgan fingerprint density at radius 1 is 1.44 bits per heavy atom. The molecule has 0 amide bonds. The van der Waals surface area contributed by atoms with Gasteiger partial charge in [-0.1, -0.05) is 18.2 Å². The number of para-hydroxylation sites is 1. The van der Waals surface area contributed by atoms with Crippen LogP contribution in [0.1, 0.15) is 18.4 Å². The minimum Gasteiger partial charge on any atom is -0.395 e. The number of nitrogens with zero attached hydrogens (tertiary/aromatic N) is 2. The minimum absolute atomic E-state index is 0.177. The maximum atomic E-state index is 10.9. The van der Waals surface area contributed by atoms with Crippen molar-refractivity contribution in [3.63, 3.8) is 0 Å². The molecule has 0 aliphatic carbocycles. The maximum absolute atomic E-state index is 10.9. The van der Waals surface area contributed by atoms with E-state index >= 15 is 0 Å². The second kappa shape index (κ2) is 5.93. The van der Waals surface area contributed by atoms with E-state index in [-0.39, 0.29) is 23.3 Å². The molecule has 1 aromatic carbocycles. The molecule has 2 rings (SSSR count). The molecule has 0 aromatic heterocycles. The lowest BCUT2D eigenvalue weighted by molar-refractivity contribution is -0.385. The van der Waals surface area contributed by atoms with Crippen LogP contribution in [0.3, 0.4) is 0 Å². The maximum Gasteiger partial charge on any atom is 0.272 e. The second-order valence-electron chi connectivity index (χ2n) is 4.65. The summed E-state index contributed by atoms with van der Waals surface area (Å²) in [5.41, 5.74) is 0.961. The van der Waals surface area contributed by atoms with Crippen LogP contribution >= 0.6 is 0 Å². The van der Waals surface area contributed by atoms with Gasteiger partial charge in [0.25, 0.3) is 5.69 Å². The largest absolute Gasteiger partial charge is 0.395 e. The van der Waals surface area contributed by atoms with E-state index in [0.29, 0.717) is 6.42 Å². The van der Waals surface area contributed by atoms with Gasteiger partial charge in [0, 0.05) is 24.2 Å². The lowest BCUT2D eigenvalue weighted by Gasteiger charge is -2.22. The highest BCUT2D eigenvalue weighted by molar-refractivity contribution is 5.39. The molecular weight excluding hydrogens is 232 g/mol. The summed E-state index contributed by atoms with van der Waals surface area (Å²) in [7, 11) is 0. The van der Waals surface area contributed by atoms with Crippen LogP contribution in [-0.4, -0.2) is 40.7 Å². The standard InChI is InChI=1S/C13H18N2O3/c16-10-12-5-3-8-14(12)9-7-11-4-1-2-6-13(11)15(17)18/h1-2,4,6,12,16H,3,5,7-10H2. The van der Waals surface area contributed by atoms with Crippen LogP contribution in [-0.2, 0) is 6.42 Å².